The molecule has 96 valence electrons. The maximum absolute atomic E-state index is 13.3. The van der Waals surface area contributed by atoms with E-state index in [0.29, 0.717) is 0 Å². The summed E-state index contributed by atoms with van der Waals surface area (Å²) in [7, 11) is 0. The van der Waals surface area contributed by atoms with Crippen molar-refractivity contribution in [3.05, 3.63) is 53.9 Å². The van der Waals surface area contributed by atoms with Gasteiger partial charge in [0, 0.05) is 18.6 Å². The van der Waals surface area contributed by atoms with E-state index < -0.39 is 17.7 Å². The number of carbonyl (C=O) groups is 2. The van der Waals surface area contributed by atoms with Gasteiger partial charge in [0.05, 0.1) is 23.0 Å². The molecule has 1 amide bonds. The van der Waals surface area contributed by atoms with Crippen molar-refractivity contribution in [3.8, 4) is 0 Å². The van der Waals surface area contributed by atoms with Crippen LogP contribution >= 0.6 is 0 Å². The minimum absolute atomic E-state index is 0.0758. The molecule has 0 aromatic carbocycles. The fraction of sp³-hybridized carbons (Fsp3) is 0. The summed E-state index contributed by atoms with van der Waals surface area (Å²) in [6.45, 7) is 0. The quantitative estimate of drug-likeness (QED) is 0.874. The number of nitrogens with zero attached hydrogens (tertiary/aromatic N) is 2. The minimum atomic E-state index is -1.28. The van der Waals surface area contributed by atoms with Crippen LogP contribution in [0.4, 0.5) is 10.1 Å². The molecule has 2 N–H and O–H groups in total. The molecule has 2 rings (SSSR count). The molecule has 0 saturated carbocycles. The third-order valence-electron chi connectivity index (χ3n) is 2.32. The van der Waals surface area contributed by atoms with E-state index in [1.165, 1.54) is 24.5 Å². The summed E-state index contributed by atoms with van der Waals surface area (Å²) in [4.78, 5) is 30.0. The molecule has 0 aliphatic rings. The summed E-state index contributed by atoms with van der Waals surface area (Å²) >= 11 is 0. The smallest absolute Gasteiger partial charge is 0.338 e. The average Bonchev–Trinajstić information content (AvgIpc) is 2.41. The molecule has 0 unspecified atom stereocenters. The molecule has 2 aromatic heterocycles. The number of pyridine rings is 2. The van der Waals surface area contributed by atoms with Gasteiger partial charge in [0.25, 0.3) is 5.91 Å². The Labute approximate surface area is 106 Å². The number of hydrogen-bond acceptors (Lipinski definition) is 4. The average molecular weight is 261 g/mol. The highest BCUT2D eigenvalue weighted by atomic mass is 19.1. The van der Waals surface area contributed by atoms with Gasteiger partial charge >= 0.3 is 5.97 Å². The predicted molar refractivity (Wildman–Crippen MR) is 63.3 cm³/mol. The lowest BCUT2D eigenvalue weighted by atomic mass is 10.1. The van der Waals surface area contributed by atoms with Crippen LogP contribution in [0, 0.1) is 5.82 Å². The predicted octanol–water partition coefficient (Wildman–Crippen LogP) is 1.57. The number of carboxylic acid groups (broad SMARTS) is 1. The van der Waals surface area contributed by atoms with Gasteiger partial charge in [-0.05, 0) is 12.1 Å². The zero-order valence-electron chi connectivity index (χ0n) is 9.50. The molecule has 6 nitrogen and oxygen atoms in total. The first kappa shape index (κ1) is 12.6. The van der Waals surface area contributed by atoms with Crippen LogP contribution in [0.15, 0.2) is 36.9 Å². The Morgan fingerprint density at radius 3 is 2.47 bits per heavy atom. The van der Waals surface area contributed by atoms with Gasteiger partial charge in [-0.2, -0.15) is 0 Å². The molecule has 0 radical (unpaired) electrons. The van der Waals surface area contributed by atoms with Crippen LogP contribution in [0.25, 0.3) is 0 Å². The number of halogens is 1. The van der Waals surface area contributed by atoms with Crippen molar-refractivity contribution < 1.29 is 19.1 Å². The number of amides is 1. The lowest BCUT2D eigenvalue weighted by Crippen LogP contribution is -2.17. The monoisotopic (exact) mass is 261 g/mol. The Hall–Kier alpha value is -2.83. The normalized spacial score (nSPS) is 9.95. The van der Waals surface area contributed by atoms with Gasteiger partial charge in [-0.25, -0.2) is 9.18 Å². The van der Waals surface area contributed by atoms with E-state index in [-0.39, 0.29) is 16.8 Å². The molecule has 2 heterocycles. The largest absolute Gasteiger partial charge is 0.478 e. The van der Waals surface area contributed by atoms with Crippen LogP contribution in [0.3, 0.4) is 0 Å². The highest BCUT2D eigenvalue weighted by Gasteiger charge is 2.17. The van der Waals surface area contributed by atoms with Crippen molar-refractivity contribution in [2.45, 2.75) is 0 Å². The summed E-state index contributed by atoms with van der Waals surface area (Å²) in [6, 6.07) is 2.52. The maximum Gasteiger partial charge on any atom is 0.338 e. The fourth-order valence-electron chi connectivity index (χ4n) is 1.43. The van der Waals surface area contributed by atoms with Crippen molar-refractivity contribution in [2.75, 3.05) is 5.32 Å². The Bertz CT molecular complexity index is 646. The number of aromatic carboxylic acids is 1. The van der Waals surface area contributed by atoms with E-state index in [2.05, 4.69) is 15.3 Å². The number of carboxylic acids is 1. The zero-order valence-corrected chi connectivity index (χ0v) is 9.50. The number of hydrogen-bond donors (Lipinski definition) is 2. The summed E-state index contributed by atoms with van der Waals surface area (Å²) in [5, 5.41) is 11.2. The molecule has 2 aromatic rings. The van der Waals surface area contributed by atoms with Gasteiger partial charge in [-0.3, -0.25) is 14.8 Å². The highest BCUT2D eigenvalue weighted by Crippen LogP contribution is 2.14. The van der Waals surface area contributed by atoms with E-state index in [4.69, 9.17) is 5.11 Å². The van der Waals surface area contributed by atoms with Crippen LogP contribution in [0.1, 0.15) is 20.7 Å². The highest BCUT2D eigenvalue weighted by molar-refractivity contribution is 6.10. The Balaban J connectivity index is 2.31. The topological polar surface area (TPSA) is 92.2 Å². The molecule has 7 heteroatoms. The first-order valence-corrected chi connectivity index (χ1v) is 5.18. The molecule has 0 spiro atoms. The Morgan fingerprint density at radius 2 is 1.79 bits per heavy atom. The number of aromatic nitrogens is 2. The summed E-state index contributed by atoms with van der Waals surface area (Å²) in [5.41, 5.74) is -0.429. The molecule has 0 aliphatic carbocycles. The summed E-state index contributed by atoms with van der Waals surface area (Å²) in [6.07, 6.45) is 4.59. The lowest BCUT2D eigenvalue weighted by molar-refractivity contribution is 0.0692. The molecule has 0 saturated heterocycles. The van der Waals surface area contributed by atoms with Crippen LogP contribution in [0.5, 0.6) is 0 Å². The molecular weight excluding hydrogens is 253 g/mol. The molecule has 0 atom stereocenters. The van der Waals surface area contributed by atoms with E-state index in [1.54, 1.807) is 0 Å². The molecular formula is C12H8FN3O3. The molecule has 0 aliphatic heterocycles. The van der Waals surface area contributed by atoms with Gasteiger partial charge in [0.2, 0.25) is 0 Å². The second-order valence-corrected chi connectivity index (χ2v) is 3.54. The second kappa shape index (κ2) is 5.21. The van der Waals surface area contributed by atoms with Gasteiger partial charge in [0.1, 0.15) is 0 Å². The third-order valence-corrected chi connectivity index (χ3v) is 2.32. The van der Waals surface area contributed by atoms with Crippen molar-refractivity contribution in [1.82, 2.24) is 9.97 Å². The second-order valence-electron chi connectivity index (χ2n) is 3.54. The van der Waals surface area contributed by atoms with Crippen molar-refractivity contribution >= 4 is 17.6 Å². The van der Waals surface area contributed by atoms with Crippen molar-refractivity contribution in [3.63, 3.8) is 0 Å². The van der Waals surface area contributed by atoms with E-state index in [0.717, 1.165) is 12.4 Å². The molecule has 0 fully saturated rings. The van der Waals surface area contributed by atoms with E-state index >= 15 is 0 Å². The van der Waals surface area contributed by atoms with Crippen LogP contribution < -0.4 is 5.32 Å². The fourth-order valence-corrected chi connectivity index (χ4v) is 1.43. The molecule has 19 heavy (non-hydrogen) atoms. The third kappa shape index (κ3) is 2.71. The van der Waals surface area contributed by atoms with Crippen LogP contribution in [-0.4, -0.2) is 27.0 Å². The summed E-state index contributed by atoms with van der Waals surface area (Å²) < 4.78 is 13.3. The number of carbonyl (C=O) groups excluding carboxylic acids is 1. The molecule has 0 bridgehead atoms. The SMILES string of the molecule is O=C(O)c1cnccc1C(=O)Nc1ccncc1F. The van der Waals surface area contributed by atoms with Gasteiger partial charge in [0.15, 0.2) is 5.82 Å². The first-order chi connectivity index (χ1) is 9.09. The van der Waals surface area contributed by atoms with Crippen LogP contribution in [-0.2, 0) is 0 Å². The van der Waals surface area contributed by atoms with E-state index in [1.807, 2.05) is 0 Å². The van der Waals surface area contributed by atoms with Crippen LogP contribution in [0.2, 0.25) is 0 Å². The summed E-state index contributed by atoms with van der Waals surface area (Å²) in [5.74, 6) is -2.72. The standard InChI is InChI=1S/C12H8FN3O3/c13-9-6-15-4-2-10(9)16-11(17)7-1-3-14-5-8(7)12(18)19/h1-6H,(H,18,19)(H,15,16,17). The lowest BCUT2D eigenvalue weighted by Gasteiger charge is -2.07. The van der Waals surface area contributed by atoms with Gasteiger partial charge in [-0.1, -0.05) is 0 Å². The van der Waals surface area contributed by atoms with E-state index in [9.17, 15) is 14.0 Å². The first-order valence-electron chi connectivity index (χ1n) is 5.18. The Morgan fingerprint density at radius 1 is 1.11 bits per heavy atom. The van der Waals surface area contributed by atoms with Gasteiger partial charge < -0.3 is 10.4 Å². The number of anilines is 1. The minimum Gasteiger partial charge on any atom is -0.478 e. The van der Waals surface area contributed by atoms with Crippen molar-refractivity contribution in [2.24, 2.45) is 0 Å². The van der Waals surface area contributed by atoms with Gasteiger partial charge in [-0.15, -0.1) is 0 Å². The zero-order chi connectivity index (χ0) is 13.8. The Kier molecular flexibility index (Phi) is 3.46. The number of rotatable bonds is 3. The van der Waals surface area contributed by atoms with Crippen molar-refractivity contribution in [1.29, 1.82) is 0 Å². The number of nitrogens with one attached hydrogen (secondary N) is 1. The maximum atomic E-state index is 13.3.